The SMILES string of the molecule is CCC(O)Oc1ccc(-c2ccc(OC(F)(F)F)c(F)c2)cc1. The molecule has 0 aliphatic heterocycles. The van der Waals surface area contributed by atoms with E-state index in [1.807, 2.05) is 0 Å². The molecule has 0 fully saturated rings. The van der Waals surface area contributed by atoms with Gasteiger partial charge in [0.15, 0.2) is 17.9 Å². The van der Waals surface area contributed by atoms with Gasteiger partial charge in [-0.15, -0.1) is 13.2 Å². The first-order valence-corrected chi connectivity index (χ1v) is 6.79. The van der Waals surface area contributed by atoms with Gasteiger partial charge in [0.05, 0.1) is 0 Å². The third-order valence-corrected chi connectivity index (χ3v) is 2.97. The lowest BCUT2D eigenvalue weighted by Crippen LogP contribution is -2.17. The van der Waals surface area contributed by atoms with Crippen LogP contribution >= 0.6 is 0 Å². The van der Waals surface area contributed by atoms with Crippen LogP contribution in [0, 0.1) is 5.82 Å². The van der Waals surface area contributed by atoms with Crippen LogP contribution in [0.3, 0.4) is 0 Å². The summed E-state index contributed by atoms with van der Waals surface area (Å²) in [6.07, 6.45) is -5.44. The summed E-state index contributed by atoms with van der Waals surface area (Å²) < 4.78 is 58.7. The zero-order valence-corrected chi connectivity index (χ0v) is 12.1. The molecule has 0 aliphatic carbocycles. The molecule has 2 aromatic carbocycles. The first-order valence-electron chi connectivity index (χ1n) is 6.79. The van der Waals surface area contributed by atoms with Crippen molar-refractivity contribution in [3.63, 3.8) is 0 Å². The van der Waals surface area contributed by atoms with E-state index in [9.17, 15) is 22.7 Å². The van der Waals surface area contributed by atoms with Crippen LogP contribution in [0.5, 0.6) is 11.5 Å². The van der Waals surface area contributed by atoms with Crippen LogP contribution in [0.1, 0.15) is 13.3 Å². The Bertz CT molecular complexity index is 653. The van der Waals surface area contributed by atoms with Crippen molar-refractivity contribution in [3.8, 4) is 22.6 Å². The Morgan fingerprint density at radius 3 is 2.17 bits per heavy atom. The standard InChI is InChI=1S/C16H14F4O3/c1-2-15(21)22-12-6-3-10(4-7-12)11-5-8-14(13(17)9-11)23-16(18,19)20/h3-9,15,21H,2H2,1H3. The molecule has 1 N–H and O–H groups in total. The predicted molar refractivity (Wildman–Crippen MR) is 75.4 cm³/mol. The van der Waals surface area contributed by atoms with E-state index in [2.05, 4.69) is 4.74 Å². The molecule has 2 aromatic rings. The molecule has 0 amide bonds. The first kappa shape index (κ1) is 17.1. The fraction of sp³-hybridized carbons (Fsp3) is 0.250. The van der Waals surface area contributed by atoms with Crippen molar-refractivity contribution in [2.45, 2.75) is 26.0 Å². The van der Waals surface area contributed by atoms with Crippen molar-refractivity contribution in [1.82, 2.24) is 0 Å². The van der Waals surface area contributed by atoms with Gasteiger partial charge >= 0.3 is 6.36 Å². The highest BCUT2D eigenvalue weighted by atomic mass is 19.4. The van der Waals surface area contributed by atoms with E-state index in [0.717, 1.165) is 12.1 Å². The van der Waals surface area contributed by atoms with E-state index in [1.165, 1.54) is 6.07 Å². The van der Waals surface area contributed by atoms with E-state index in [1.54, 1.807) is 31.2 Å². The molecule has 0 radical (unpaired) electrons. The summed E-state index contributed by atoms with van der Waals surface area (Å²) in [5.74, 6) is -1.56. The molecule has 0 bridgehead atoms. The average Bonchev–Trinajstić information content (AvgIpc) is 2.49. The molecule has 0 spiro atoms. The predicted octanol–water partition coefficient (Wildman–Crippen LogP) is 4.50. The van der Waals surface area contributed by atoms with Gasteiger partial charge in [0.25, 0.3) is 0 Å². The van der Waals surface area contributed by atoms with Gasteiger partial charge in [0.2, 0.25) is 0 Å². The third-order valence-electron chi connectivity index (χ3n) is 2.97. The molecule has 23 heavy (non-hydrogen) atoms. The maximum atomic E-state index is 13.7. The number of aliphatic hydroxyl groups excluding tert-OH is 1. The van der Waals surface area contributed by atoms with Gasteiger partial charge in [-0.1, -0.05) is 25.1 Å². The summed E-state index contributed by atoms with van der Waals surface area (Å²) in [6, 6.07) is 9.56. The minimum Gasteiger partial charge on any atom is -0.465 e. The fourth-order valence-electron chi connectivity index (χ4n) is 1.85. The maximum absolute atomic E-state index is 13.7. The quantitative estimate of drug-likeness (QED) is 0.648. The Hall–Kier alpha value is -2.28. The van der Waals surface area contributed by atoms with E-state index < -0.39 is 24.2 Å². The molecule has 0 aliphatic rings. The van der Waals surface area contributed by atoms with Gasteiger partial charge in [0, 0.05) is 6.42 Å². The number of aliphatic hydroxyl groups is 1. The molecule has 2 rings (SSSR count). The number of rotatable bonds is 5. The fourth-order valence-corrected chi connectivity index (χ4v) is 1.85. The smallest absolute Gasteiger partial charge is 0.465 e. The van der Waals surface area contributed by atoms with E-state index in [0.29, 0.717) is 23.3 Å². The van der Waals surface area contributed by atoms with Gasteiger partial charge in [-0.25, -0.2) is 4.39 Å². The van der Waals surface area contributed by atoms with Crippen LogP contribution in [0.4, 0.5) is 17.6 Å². The Morgan fingerprint density at radius 1 is 1.04 bits per heavy atom. The van der Waals surface area contributed by atoms with Crippen LogP contribution in [-0.2, 0) is 0 Å². The van der Waals surface area contributed by atoms with E-state index >= 15 is 0 Å². The number of alkyl halides is 3. The third kappa shape index (κ3) is 4.85. The second-order valence-electron chi connectivity index (χ2n) is 4.70. The largest absolute Gasteiger partial charge is 0.573 e. The van der Waals surface area contributed by atoms with Crippen LogP contribution < -0.4 is 9.47 Å². The van der Waals surface area contributed by atoms with E-state index in [4.69, 9.17) is 4.74 Å². The average molecular weight is 330 g/mol. The highest BCUT2D eigenvalue weighted by molar-refractivity contribution is 5.65. The van der Waals surface area contributed by atoms with Crippen molar-refractivity contribution in [3.05, 3.63) is 48.3 Å². The Labute approximate surface area is 130 Å². The summed E-state index contributed by atoms with van der Waals surface area (Å²) in [5, 5.41) is 9.38. The van der Waals surface area contributed by atoms with Crippen molar-refractivity contribution in [2.24, 2.45) is 0 Å². The normalized spacial score (nSPS) is 12.8. The van der Waals surface area contributed by atoms with Crippen LogP contribution in [-0.4, -0.2) is 17.8 Å². The summed E-state index contributed by atoms with van der Waals surface area (Å²) in [6.45, 7) is 1.76. The Balaban J connectivity index is 2.17. The number of hydrogen-bond donors (Lipinski definition) is 1. The minimum absolute atomic E-state index is 0.389. The number of ether oxygens (including phenoxy) is 2. The first-order chi connectivity index (χ1) is 10.8. The lowest BCUT2D eigenvalue weighted by atomic mass is 10.1. The summed E-state index contributed by atoms with van der Waals surface area (Å²) >= 11 is 0. The van der Waals surface area contributed by atoms with Crippen LogP contribution in [0.25, 0.3) is 11.1 Å². The van der Waals surface area contributed by atoms with Crippen molar-refractivity contribution in [2.75, 3.05) is 0 Å². The summed E-state index contributed by atoms with van der Waals surface area (Å²) in [7, 11) is 0. The minimum atomic E-state index is -4.94. The molecule has 0 aromatic heterocycles. The van der Waals surface area contributed by atoms with E-state index in [-0.39, 0.29) is 0 Å². The summed E-state index contributed by atoms with van der Waals surface area (Å²) in [4.78, 5) is 0. The van der Waals surface area contributed by atoms with Crippen molar-refractivity contribution < 1.29 is 32.1 Å². The molecule has 0 saturated carbocycles. The molecule has 3 nitrogen and oxygen atoms in total. The summed E-state index contributed by atoms with van der Waals surface area (Å²) in [5.41, 5.74) is 0.973. The molecule has 1 atom stereocenters. The maximum Gasteiger partial charge on any atom is 0.573 e. The number of benzene rings is 2. The molecule has 124 valence electrons. The monoisotopic (exact) mass is 330 g/mol. The molecule has 1 unspecified atom stereocenters. The molecule has 0 heterocycles. The van der Waals surface area contributed by atoms with Gasteiger partial charge in [-0.3, -0.25) is 0 Å². The Morgan fingerprint density at radius 2 is 1.65 bits per heavy atom. The second-order valence-corrected chi connectivity index (χ2v) is 4.70. The zero-order valence-electron chi connectivity index (χ0n) is 12.1. The van der Waals surface area contributed by atoms with Gasteiger partial charge in [-0.05, 0) is 35.4 Å². The molecular weight excluding hydrogens is 316 g/mol. The Kier molecular flexibility index (Phi) is 5.10. The van der Waals surface area contributed by atoms with Gasteiger partial charge in [0.1, 0.15) is 5.75 Å². The highest BCUT2D eigenvalue weighted by Crippen LogP contribution is 2.30. The molecule has 0 saturated heterocycles. The second kappa shape index (κ2) is 6.87. The lowest BCUT2D eigenvalue weighted by Gasteiger charge is -2.12. The van der Waals surface area contributed by atoms with Crippen LogP contribution in [0.2, 0.25) is 0 Å². The lowest BCUT2D eigenvalue weighted by molar-refractivity contribution is -0.275. The van der Waals surface area contributed by atoms with Gasteiger partial charge in [-0.2, -0.15) is 0 Å². The van der Waals surface area contributed by atoms with Crippen molar-refractivity contribution in [1.29, 1.82) is 0 Å². The zero-order chi connectivity index (χ0) is 17.0. The highest BCUT2D eigenvalue weighted by Gasteiger charge is 2.32. The molecule has 7 heteroatoms. The van der Waals surface area contributed by atoms with Crippen LogP contribution in [0.15, 0.2) is 42.5 Å². The van der Waals surface area contributed by atoms with Gasteiger partial charge < -0.3 is 14.6 Å². The topological polar surface area (TPSA) is 38.7 Å². The van der Waals surface area contributed by atoms with Crippen molar-refractivity contribution >= 4 is 0 Å². The number of hydrogen-bond acceptors (Lipinski definition) is 3. The number of halogens is 4. The molecular formula is C16H14F4O3.